The van der Waals surface area contributed by atoms with Gasteiger partial charge in [-0.2, -0.15) is 5.26 Å². The number of hydrogen-bond acceptors (Lipinski definition) is 3. The van der Waals surface area contributed by atoms with Crippen LogP contribution in [-0.2, 0) is 9.59 Å². The largest absolute Gasteiger partial charge is 0.341 e. The van der Waals surface area contributed by atoms with Crippen LogP contribution in [0.3, 0.4) is 0 Å². The molecule has 0 saturated heterocycles. The van der Waals surface area contributed by atoms with Crippen LogP contribution in [0.4, 0.5) is 5.69 Å². The van der Waals surface area contributed by atoms with Gasteiger partial charge in [-0.15, -0.1) is 11.6 Å². The van der Waals surface area contributed by atoms with E-state index in [0.717, 1.165) is 5.56 Å². The molecule has 0 aliphatic rings. The van der Waals surface area contributed by atoms with Gasteiger partial charge in [-0.05, 0) is 44.5 Å². The van der Waals surface area contributed by atoms with Crippen LogP contribution in [0, 0.1) is 18.3 Å². The highest BCUT2D eigenvalue weighted by Crippen LogP contribution is 2.16. The fraction of sp³-hybridized carbons (Fsp3) is 0.357. The molecule has 2 N–H and O–H groups in total. The van der Waals surface area contributed by atoms with Gasteiger partial charge in [0.2, 0.25) is 11.8 Å². The van der Waals surface area contributed by atoms with Gasteiger partial charge in [0.05, 0.1) is 11.6 Å². The van der Waals surface area contributed by atoms with E-state index in [9.17, 15) is 9.59 Å². The molecule has 1 aromatic carbocycles. The number of nitrogens with zero attached hydrogens (tertiary/aromatic N) is 1. The Morgan fingerprint density at radius 2 is 2.05 bits per heavy atom. The summed E-state index contributed by atoms with van der Waals surface area (Å²) >= 11 is 5.40. The summed E-state index contributed by atoms with van der Waals surface area (Å²) in [6, 6.07) is 7.04. The number of aryl methyl sites for hydroxylation is 1. The standard InChI is InChI=1S/C14H16ClN3O2/c1-9-6-11(5-4-10(9)8-16)17-13(20)14(2,3)18-12(19)7-15/h4-6H,7H2,1-3H3,(H,17,20)(H,18,19). The Kier molecular flexibility index (Phi) is 5.12. The normalized spacial score (nSPS) is 10.6. The first-order chi connectivity index (χ1) is 9.30. The summed E-state index contributed by atoms with van der Waals surface area (Å²) in [6.45, 7) is 4.96. The van der Waals surface area contributed by atoms with Crippen LogP contribution in [0.15, 0.2) is 18.2 Å². The first-order valence-electron chi connectivity index (χ1n) is 5.99. The topological polar surface area (TPSA) is 82.0 Å². The van der Waals surface area contributed by atoms with Crippen LogP contribution in [0.2, 0.25) is 0 Å². The molecule has 5 nitrogen and oxygen atoms in total. The maximum absolute atomic E-state index is 12.1. The van der Waals surface area contributed by atoms with Crippen molar-refractivity contribution in [1.29, 1.82) is 5.26 Å². The molecule has 2 amide bonds. The lowest BCUT2D eigenvalue weighted by molar-refractivity contribution is -0.128. The average Bonchev–Trinajstić information content (AvgIpc) is 2.38. The van der Waals surface area contributed by atoms with Crippen molar-refractivity contribution in [3.63, 3.8) is 0 Å². The van der Waals surface area contributed by atoms with Crippen LogP contribution in [0.5, 0.6) is 0 Å². The summed E-state index contributed by atoms with van der Waals surface area (Å²) in [5.74, 6) is -0.977. The third-order valence-corrected chi connectivity index (χ3v) is 2.99. The van der Waals surface area contributed by atoms with E-state index in [4.69, 9.17) is 16.9 Å². The van der Waals surface area contributed by atoms with Gasteiger partial charge in [0.15, 0.2) is 0 Å². The molecule has 0 saturated carbocycles. The van der Waals surface area contributed by atoms with Gasteiger partial charge in [0, 0.05) is 5.69 Å². The van der Waals surface area contributed by atoms with Gasteiger partial charge in [-0.25, -0.2) is 0 Å². The molecule has 0 aromatic heterocycles. The van der Waals surface area contributed by atoms with Crippen LogP contribution in [0.25, 0.3) is 0 Å². The molecule has 0 bridgehead atoms. The molecule has 0 radical (unpaired) electrons. The van der Waals surface area contributed by atoms with E-state index in [-0.39, 0.29) is 11.8 Å². The van der Waals surface area contributed by atoms with Crippen LogP contribution in [0.1, 0.15) is 25.0 Å². The predicted molar refractivity (Wildman–Crippen MR) is 77.5 cm³/mol. The molecule has 0 aliphatic carbocycles. The number of halogens is 1. The quantitative estimate of drug-likeness (QED) is 0.832. The average molecular weight is 294 g/mol. The van der Waals surface area contributed by atoms with Crippen molar-refractivity contribution in [2.24, 2.45) is 0 Å². The lowest BCUT2D eigenvalue weighted by Gasteiger charge is -2.24. The highest BCUT2D eigenvalue weighted by molar-refractivity contribution is 6.27. The first kappa shape index (κ1) is 16.0. The molecule has 0 aliphatic heterocycles. The monoisotopic (exact) mass is 293 g/mol. The summed E-state index contributed by atoms with van der Waals surface area (Å²) in [7, 11) is 0. The van der Waals surface area contributed by atoms with Crippen LogP contribution >= 0.6 is 11.6 Å². The van der Waals surface area contributed by atoms with E-state index in [1.54, 1.807) is 39.0 Å². The van der Waals surface area contributed by atoms with Crippen molar-refractivity contribution >= 4 is 29.1 Å². The molecule has 106 valence electrons. The molecule has 0 atom stereocenters. The Labute approximate surface area is 122 Å². The predicted octanol–water partition coefficient (Wildman–Crippen LogP) is 1.94. The van der Waals surface area contributed by atoms with Crippen molar-refractivity contribution in [3.8, 4) is 6.07 Å². The number of hydrogen-bond donors (Lipinski definition) is 2. The maximum atomic E-state index is 12.1. The third kappa shape index (κ3) is 3.97. The van der Waals surface area contributed by atoms with Gasteiger partial charge < -0.3 is 10.6 Å². The molecule has 6 heteroatoms. The minimum atomic E-state index is -1.08. The fourth-order valence-corrected chi connectivity index (χ4v) is 1.66. The van der Waals surface area contributed by atoms with Crippen molar-refractivity contribution in [2.45, 2.75) is 26.3 Å². The Bertz CT molecular complexity index is 576. The van der Waals surface area contributed by atoms with Crippen molar-refractivity contribution in [2.75, 3.05) is 11.2 Å². The summed E-state index contributed by atoms with van der Waals surface area (Å²) in [4.78, 5) is 23.4. The number of anilines is 1. The number of alkyl halides is 1. The first-order valence-corrected chi connectivity index (χ1v) is 6.53. The number of benzene rings is 1. The van der Waals surface area contributed by atoms with E-state index < -0.39 is 11.4 Å². The molecule has 0 heterocycles. The smallest absolute Gasteiger partial charge is 0.249 e. The van der Waals surface area contributed by atoms with Gasteiger partial charge in [0.25, 0.3) is 0 Å². The highest BCUT2D eigenvalue weighted by atomic mass is 35.5. The molecule has 1 aromatic rings. The molecular formula is C14H16ClN3O2. The second kappa shape index (κ2) is 6.40. The SMILES string of the molecule is Cc1cc(NC(=O)C(C)(C)NC(=O)CCl)ccc1C#N. The zero-order valence-electron chi connectivity index (χ0n) is 11.6. The van der Waals surface area contributed by atoms with E-state index in [1.165, 1.54) is 0 Å². The summed E-state index contributed by atoms with van der Waals surface area (Å²) < 4.78 is 0. The minimum Gasteiger partial charge on any atom is -0.341 e. The number of rotatable bonds is 4. The Balaban J connectivity index is 2.83. The van der Waals surface area contributed by atoms with E-state index >= 15 is 0 Å². The number of carbonyl (C=O) groups excluding carboxylic acids is 2. The van der Waals surface area contributed by atoms with Crippen LogP contribution < -0.4 is 10.6 Å². The molecule has 0 fully saturated rings. The van der Waals surface area contributed by atoms with E-state index in [0.29, 0.717) is 11.3 Å². The third-order valence-electron chi connectivity index (χ3n) is 2.75. The highest BCUT2D eigenvalue weighted by Gasteiger charge is 2.29. The summed E-state index contributed by atoms with van der Waals surface area (Å²) in [5, 5.41) is 14.1. The lowest BCUT2D eigenvalue weighted by Crippen LogP contribution is -2.52. The second-order valence-electron chi connectivity index (χ2n) is 4.90. The van der Waals surface area contributed by atoms with E-state index in [2.05, 4.69) is 16.7 Å². The lowest BCUT2D eigenvalue weighted by atomic mass is 10.0. The van der Waals surface area contributed by atoms with Gasteiger partial charge >= 0.3 is 0 Å². The Hall–Kier alpha value is -2.06. The number of nitriles is 1. The summed E-state index contributed by atoms with van der Waals surface area (Å²) in [6.07, 6.45) is 0. The molecule has 0 spiro atoms. The molecule has 0 unspecified atom stereocenters. The maximum Gasteiger partial charge on any atom is 0.249 e. The van der Waals surface area contributed by atoms with E-state index in [1.807, 2.05) is 0 Å². The van der Waals surface area contributed by atoms with Gasteiger partial charge in [-0.3, -0.25) is 9.59 Å². The van der Waals surface area contributed by atoms with Crippen molar-refractivity contribution in [1.82, 2.24) is 5.32 Å². The molecule has 1 rings (SSSR count). The number of amides is 2. The fourth-order valence-electron chi connectivity index (χ4n) is 1.59. The Morgan fingerprint density at radius 3 is 2.55 bits per heavy atom. The van der Waals surface area contributed by atoms with Gasteiger partial charge in [-0.1, -0.05) is 0 Å². The number of nitrogens with one attached hydrogen (secondary N) is 2. The van der Waals surface area contributed by atoms with Crippen molar-refractivity contribution < 1.29 is 9.59 Å². The zero-order chi connectivity index (χ0) is 15.3. The summed E-state index contributed by atoms with van der Waals surface area (Å²) in [5.41, 5.74) is 0.818. The van der Waals surface area contributed by atoms with Crippen LogP contribution in [-0.4, -0.2) is 23.2 Å². The van der Waals surface area contributed by atoms with Crippen molar-refractivity contribution in [3.05, 3.63) is 29.3 Å². The Morgan fingerprint density at radius 1 is 1.40 bits per heavy atom. The zero-order valence-corrected chi connectivity index (χ0v) is 12.3. The second-order valence-corrected chi connectivity index (χ2v) is 5.17. The minimum absolute atomic E-state index is 0.202. The molecular weight excluding hydrogens is 278 g/mol. The number of carbonyl (C=O) groups is 2. The molecule has 20 heavy (non-hydrogen) atoms. The van der Waals surface area contributed by atoms with Gasteiger partial charge in [0.1, 0.15) is 11.4 Å².